The number of benzene rings is 2. The molecule has 3 fully saturated rings. The summed E-state index contributed by atoms with van der Waals surface area (Å²) in [5.74, 6) is 0.449. The summed E-state index contributed by atoms with van der Waals surface area (Å²) in [4.78, 5) is 61.9. The number of hydrogen-bond donors (Lipinski definition) is 3. The van der Waals surface area contributed by atoms with E-state index in [1.807, 2.05) is 30.0 Å². The first-order chi connectivity index (χ1) is 27.5. The molecular formula is C40H48N8O8S. The number of rotatable bonds is 16. The van der Waals surface area contributed by atoms with E-state index in [-0.39, 0.29) is 54.4 Å². The average Bonchev–Trinajstić information content (AvgIpc) is 3.65. The van der Waals surface area contributed by atoms with Gasteiger partial charge in [-0.2, -0.15) is 4.98 Å². The molecule has 0 radical (unpaired) electrons. The van der Waals surface area contributed by atoms with Gasteiger partial charge in [0.15, 0.2) is 0 Å². The highest BCUT2D eigenvalue weighted by molar-refractivity contribution is 7.89. The quantitative estimate of drug-likeness (QED) is 0.111. The Morgan fingerprint density at radius 1 is 0.947 bits per heavy atom. The largest absolute Gasteiger partial charge is 0.379 e. The van der Waals surface area contributed by atoms with E-state index in [0.717, 1.165) is 62.5 Å². The molecule has 17 heteroatoms. The summed E-state index contributed by atoms with van der Waals surface area (Å²) in [6.45, 7) is 3.24. The molecule has 2 aliphatic carbocycles. The Labute approximate surface area is 330 Å². The fraction of sp³-hybridized carbons (Fsp3) is 0.500. The number of aryl methyl sites for hydroxylation is 3. The van der Waals surface area contributed by atoms with E-state index in [2.05, 4.69) is 20.3 Å². The second kappa shape index (κ2) is 15.8. The molecule has 57 heavy (non-hydrogen) atoms. The number of piperidine rings is 1. The van der Waals surface area contributed by atoms with E-state index < -0.39 is 27.4 Å². The molecular weight excluding hydrogens is 753 g/mol. The average molecular weight is 801 g/mol. The highest BCUT2D eigenvalue weighted by atomic mass is 32.2. The molecule has 8 rings (SSSR count). The third kappa shape index (κ3) is 7.60. The lowest BCUT2D eigenvalue weighted by molar-refractivity contribution is -0.135. The number of sulfonamides is 1. The summed E-state index contributed by atoms with van der Waals surface area (Å²) < 4.78 is 43.0. The maximum Gasteiger partial charge on any atom is 0.329 e. The predicted octanol–water partition coefficient (Wildman–Crippen LogP) is 3.42. The molecule has 4 aliphatic rings. The minimum absolute atomic E-state index is 0.0955. The molecule has 2 saturated carbocycles. The lowest BCUT2D eigenvalue weighted by Crippen LogP contribution is -2.44. The van der Waals surface area contributed by atoms with Gasteiger partial charge in [-0.15, -0.1) is 0 Å². The predicted molar refractivity (Wildman–Crippen MR) is 211 cm³/mol. The van der Waals surface area contributed by atoms with Crippen LogP contribution in [0.1, 0.15) is 80.5 Å². The monoisotopic (exact) mass is 800 g/mol. The van der Waals surface area contributed by atoms with Crippen molar-refractivity contribution in [2.75, 3.05) is 43.2 Å². The molecule has 1 atom stereocenters. The van der Waals surface area contributed by atoms with E-state index in [1.165, 1.54) is 15.2 Å². The fourth-order valence-corrected chi connectivity index (χ4v) is 9.49. The van der Waals surface area contributed by atoms with Gasteiger partial charge >= 0.3 is 5.69 Å². The Morgan fingerprint density at radius 3 is 2.46 bits per heavy atom. The molecule has 4 aromatic rings. The van der Waals surface area contributed by atoms with Gasteiger partial charge in [0.05, 0.1) is 41.2 Å². The van der Waals surface area contributed by atoms with Crippen molar-refractivity contribution in [3.63, 3.8) is 0 Å². The summed E-state index contributed by atoms with van der Waals surface area (Å²) in [6, 6.07) is 9.99. The number of carbonyl (C=O) groups is 3. The van der Waals surface area contributed by atoms with E-state index in [0.29, 0.717) is 53.9 Å². The third-order valence-corrected chi connectivity index (χ3v) is 13.1. The van der Waals surface area contributed by atoms with Gasteiger partial charge in [0.1, 0.15) is 11.9 Å². The number of nitrogens with one attached hydrogen (secondary N) is 3. The van der Waals surface area contributed by atoms with Crippen LogP contribution in [0.5, 0.6) is 0 Å². The fourth-order valence-electron chi connectivity index (χ4n) is 8.40. The van der Waals surface area contributed by atoms with Crippen molar-refractivity contribution in [3.8, 4) is 0 Å². The zero-order valence-electron chi connectivity index (χ0n) is 32.2. The third-order valence-electron chi connectivity index (χ3n) is 11.7. The van der Waals surface area contributed by atoms with Gasteiger partial charge in [0.25, 0.3) is 0 Å². The lowest BCUT2D eigenvalue weighted by atomic mass is 10.0. The number of hydrogen-bond acceptors (Lipinski definition) is 11. The van der Waals surface area contributed by atoms with Crippen LogP contribution in [0.4, 0.5) is 17.5 Å². The minimum Gasteiger partial charge on any atom is -0.379 e. The van der Waals surface area contributed by atoms with Crippen molar-refractivity contribution in [2.24, 2.45) is 7.05 Å². The molecule has 2 aliphatic heterocycles. The number of amides is 3. The highest BCUT2D eigenvalue weighted by Gasteiger charge is 2.61. The highest BCUT2D eigenvalue weighted by Crippen LogP contribution is 2.58. The number of fused-ring (bicyclic) bond motifs is 3. The Kier molecular flexibility index (Phi) is 10.7. The van der Waals surface area contributed by atoms with Gasteiger partial charge in [-0.25, -0.2) is 22.9 Å². The van der Waals surface area contributed by atoms with Crippen LogP contribution in [-0.4, -0.2) is 84.3 Å². The van der Waals surface area contributed by atoms with Crippen molar-refractivity contribution in [1.82, 2.24) is 29.1 Å². The molecule has 1 spiro atoms. The first-order valence-corrected chi connectivity index (χ1v) is 21.2. The minimum atomic E-state index is -3.78. The molecule has 4 heterocycles. The van der Waals surface area contributed by atoms with Crippen LogP contribution >= 0.6 is 0 Å². The summed E-state index contributed by atoms with van der Waals surface area (Å²) >= 11 is 0. The molecule has 0 bridgehead atoms. The molecule has 1 saturated heterocycles. The lowest BCUT2D eigenvalue weighted by Gasteiger charge is -2.24. The topological polar surface area (TPSA) is 196 Å². The van der Waals surface area contributed by atoms with Crippen LogP contribution < -0.4 is 25.9 Å². The van der Waals surface area contributed by atoms with Crippen LogP contribution in [0.25, 0.3) is 11.0 Å². The molecule has 1 unspecified atom stereocenters. The first-order valence-electron chi connectivity index (χ1n) is 19.7. The molecule has 302 valence electrons. The Hall–Kier alpha value is -4.97. The summed E-state index contributed by atoms with van der Waals surface area (Å²) in [7, 11) is -2.11. The van der Waals surface area contributed by atoms with Crippen LogP contribution in [0, 0.1) is 6.92 Å². The van der Waals surface area contributed by atoms with Gasteiger partial charge in [0.2, 0.25) is 33.7 Å². The van der Waals surface area contributed by atoms with Crippen molar-refractivity contribution < 1.29 is 32.3 Å². The molecule has 2 aromatic heterocycles. The van der Waals surface area contributed by atoms with E-state index in [9.17, 15) is 27.6 Å². The second-order valence-electron chi connectivity index (χ2n) is 15.5. The van der Waals surface area contributed by atoms with E-state index >= 15 is 0 Å². The number of carbonyl (C=O) groups excluding carboxylic acids is 3. The van der Waals surface area contributed by atoms with E-state index in [1.54, 1.807) is 25.4 Å². The van der Waals surface area contributed by atoms with Gasteiger partial charge < -0.3 is 14.8 Å². The molecule has 3 N–H and O–H groups in total. The van der Waals surface area contributed by atoms with Crippen molar-refractivity contribution in [2.45, 2.75) is 93.5 Å². The van der Waals surface area contributed by atoms with Crippen molar-refractivity contribution in [3.05, 3.63) is 69.8 Å². The SMILES string of the molecule is Cc1cc(S(=O)(=O)NCCOCCOCCCc2ccc3c(c2)n(C)c(=O)n3C2CCC(=O)NC2=O)ccc1Nc1ncc2c(n1)N(C1CCCC1)C(=O)C21CC1. The zero-order chi connectivity index (χ0) is 39.9. The van der Waals surface area contributed by atoms with Gasteiger partial charge in [-0.05, 0) is 93.3 Å². The number of imidazole rings is 1. The summed E-state index contributed by atoms with van der Waals surface area (Å²) in [5.41, 5.74) is 3.94. The maximum atomic E-state index is 13.4. The zero-order valence-corrected chi connectivity index (χ0v) is 33.0. The number of ether oxygens (including phenoxy) is 2. The second-order valence-corrected chi connectivity index (χ2v) is 17.2. The Balaban J connectivity index is 0.756. The Bertz CT molecular complexity index is 2400. The number of nitrogens with zero attached hydrogens (tertiary/aromatic N) is 5. The van der Waals surface area contributed by atoms with E-state index in [4.69, 9.17) is 14.5 Å². The smallest absolute Gasteiger partial charge is 0.329 e. The van der Waals surface area contributed by atoms with Gasteiger partial charge in [-0.1, -0.05) is 18.9 Å². The van der Waals surface area contributed by atoms with Gasteiger partial charge in [-0.3, -0.25) is 33.7 Å². The maximum absolute atomic E-state index is 13.4. The normalized spacial score (nSPS) is 19.2. The standard InChI is InChI=1S/C40H48N8O8S/c1-25-22-28(10-11-30(25)43-38-41-24-29-35(45-38)47(27-7-3-4-8-27)37(51)40(29)15-16-40)57(53,54)42-17-19-56-21-20-55-18-5-6-26-9-12-31-33(23-26)46(2)39(52)48(31)32-13-14-34(49)44-36(32)50/h9-12,22-24,27,32,42H,3-8,13-21H2,1-2H3,(H,41,43,45)(H,44,49,50). The molecule has 16 nitrogen and oxygen atoms in total. The van der Waals surface area contributed by atoms with Crippen LogP contribution in [0.2, 0.25) is 0 Å². The van der Waals surface area contributed by atoms with Crippen molar-refractivity contribution in [1.29, 1.82) is 0 Å². The first kappa shape index (κ1) is 38.9. The summed E-state index contributed by atoms with van der Waals surface area (Å²) in [6.07, 6.45) is 9.59. The van der Waals surface area contributed by atoms with Gasteiger partial charge in [0, 0.05) is 50.1 Å². The molecule has 2 aromatic carbocycles. The van der Waals surface area contributed by atoms with Crippen LogP contribution in [0.15, 0.2) is 52.3 Å². The number of aromatic nitrogens is 4. The van der Waals surface area contributed by atoms with Crippen LogP contribution in [-0.2, 0) is 52.8 Å². The Morgan fingerprint density at radius 2 is 1.72 bits per heavy atom. The molecule has 3 amide bonds. The van der Waals surface area contributed by atoms with Crippen LogP contribution in [0.3, 0.4) is 0 Å². The van der Waals surface area contributed by atoms with Crippen molar-refractivity contribution >= 4 is 56.2 Å². The number of anilines is 3. The summed E-state index contributed by atoms with van der Waals surface area (Å²) in [5, 5.41) is 5.56. The number of imide groups is 1.